The zero-order valence-corrected chi connectivity index (χ0v) is 11.9. The van der Waals surface area contributed by atoms with Gasteiger partial charge in [0, 0.05) is 10.2 Å². The van der Waals surface area contributed by atoms with Gasteiger partial charge in [-0.25, -0.2) is 4.79 Å². The van der Waals surface area contributed by atoms with Crippen LogP contribution in [0.1, 0.15) is 25.8 Å². The molecule has 2 N–H and O–H groups in total. The third-order valence-corrected chi connectivity index (χ3v) is 3.12. The van der Waals surface area contributed by atoms with Gasteiger partial charge in [-0.15, -0.1) is 0 Å². The van der Waals surface area contributed by atoms with Crippen molar-refractivity contribution in [1.82, 2.24) is 0 Å². The SMILES string of the molecule is Cc1ccc(NC(CC(C)C)C(=O)O)c(Br)c1. The summed E-state index contributed by atoms with van der Waals surface area (Å²) in [5, 5.41) is 12.2. The molecule has 4 heteroatoms. The van der Waals surface area contributed by atoms with E-state index in [4.69, 9.17) is 5.11 Å². The molecule has 3 nitrogen and oxygen atoms in total. The molecule has 1 atom stereocenters. The number of aliphatic carboxylic acids is 1. The van der Waals surface area contributed by atoms with Crippen LogP contribution >= 0.6 is 15.9 Å². The van der Waals surface area contributed by atoms with Gasteiger partial charge in [-0.3, -0.25) is 0 Å². The van der Waals surface area contributed by atoms with E-state index in [1.807, 2.05) is 39.0 Å². The number of nitrogens with one attached hydrogen (secondary N) is 1. The van der Waals surface area contributed by atoms with Crippen molar-refractivity contribution in [2.45, 2.75) is 33.2 Å². The van der Waals surface area contributed by atoms with Gasteiger partial charge in [0.25, 0.3) is 0 Å². The van der Waals surface area contributed by atoms with Crippen LogP contribution < -0.4 is 5.32 Å². The van der Waals surface area contributed by atoms with Gasteiger partial charge in [-0.05, 0) is 52.9 Å². The Hall–Kier alpha value is -1.03. The highest BCUT2D eigenvalue weighted by Gasteiger charge is 2.19. The summed E-state index contributed by atoms with van der Waals surface area (Å²) in [7, 11) is 0. The minimum Gasteiger partial charge on any atom is -0.480 e. The molecular weight excluding hydrogens is 282 g/mol. The maximum atomic E-state index is 11.1. The van der Waals surface area contributed by atoms with Crippen LogP contribution in [0.2, 0.25) is 0 Å². The van der Waals surface area contributed by atoms with E-state index in [1.165, 1.54) is 0 Å². The van der Waals surface area contributed by atoms with Crippen LogP contribution in [0, 0.1) is 12.8 Å². The number of carbonyl (C=O) groups is 1. The van der Waals surface area contributed by atoms with E-state index in [0.29, 0.717) is 12.3 Å². The highest BCUT2D eigenvalue weighted by Crippen LogP contribution is 2.25. The van der Waals surface area contributed by atoms with E-state index in [9.17, 15) is 4.79 Å². The molecule has 0 aliphatic carbocycles. The lowest BCUT2D eigenvalue weighted by atomic mass is 10.0. The molecule has 94 valence electrons. The van der Waals surface area contributed by atoms with Crippen LogP contribution in [-0.2, 0) is 4.79 Å². The van der Waals surface area contributed by atoms with Gasteiger partial charge in [0.05, 0.1) is 0 Å². The molecular formula is C13H18BrNO2. The van der Waals surface area contributed by atoms with Crippen molar-refractivity contribution < 1.29 is 9.90 Å². The summed E-state index contributed by atoms with van der Waals surface area (Å²) in [6.07, 6.45) is 0.607. The number of carboxylic acids is 1. The Labute approximate surface area is 110 Å². The van der Waals surface area contributed by atoms with E-state index >= 15 is 0 Å². The third-order valence-electron chi connectivity index (χ3n) is 2.46. The molecule has 1 unspecified atom stereocenters. The van der Waals surface area contributed by atoms with Gasteiger partial charge in [-0.2, -0.15) is 0 Å². The Bertz CT molecular complexity index is 404. The number of anilines is 1. The summed E-state index contributed by atoms with van der Waals surface area (Å²) in [4.78, 5) is 11.1. The van der Waals surface area contributed by atoms with Crippen molar-refractivity contribution in [1.29, 1.82) is 0 Å². The summed E-state index contributed by atoms with van der Waals surface area (Å²) >= 11 is 3.44. The lowest BCUT2D eigenvalue weighted by Gasteiger charge is -2.18. The smallest absolute Gasteiger partial charge is 0.326 e. The third kappa shape index (κ3) is 4.38. The van der Waals surface area contributed by atoms with Gasteiger partial charge in [0.1, 0.15) is 6.04 Å². The summed E-state index contributed by atoms with van der Waals surface area (Å²) in [6.45, 7) is 6.03. The van der Waals surface area contributed by atoms with Gasteiger partial charge < -0.3 is 10.4 Å². The van der Waals surface area contributed by atoms with Crippen molar-refractivity contribution in [2.75, 3.05) is 5.32 Å². The number of halogens is 1. The molecule has 0 radical (unpaired) electrons. The van der Waals surface area contributed by atoms with Crippen LogP contribution in [0.25, 0.3) is 0 Å². The molecule has 0 bridgehead atoms. The van der Waals surface area contributed by atoms with E-state index in [-0.39, 0.29) is 0 Å². The van der Waals surface area contributed by atoms with Crippen molar-refractivity contribution in [3.05, 3.63) is 28.2 Å². The lowest BCUT2D eigenvalue weighted by molar-refractivity contribution is -0.138. The van der Waals surface area contributed by atoms with E-state index < -0.39 is 12.0 Å². The molecule has 0 heterocycles. The summed E-state index contributed by atoms with van der Waals surface area (Å²) < 4.78 is 0.896. The maximum Gasteiger partial charge on any atom is 0.326 e. The Kier molecular flexibility index (Phi) is 5.00. The first-order valence-corrected chi connectivity index (χ1v) is 6.45. The molecule has 0 fully saturated rings. The first kappa shape index (κ1) is 14.0. The summed E-state index contributed by atoms with van der Waals surface area (Å²) in [5.41, 5.74) is 1.96. The van der Waals surface area contributed by atoms with Crippen LogP contribution in [0.15, 0.2) is 22.7 Å². The maximum absolute atomic E-state index is 11.1. The van der Waals surface area contributed by atoms with Crippen LogP contribution in [0.5, 0.6) is 0 Å². The molecule has 0 saturated heterocycles. The summed E-state index contributed by atoms with van der Waals surface area (Å²) in [6, 6.07) is 5.28. The topological polar surface area (TPSA) is 49.3 Å². The number of carboxylic acid groups (broad SMARTS) is 1. The highest BCUT2D eigenvalue weighted by atomic mass is 79.9. The van der Waals surface area contributed by atoms with Crippen LogP contribution in [0.3, 0.4) is 0 Å². The number of hydrogen-bond donors (Lipinski definition) is 2. The fraction of sp³-hybridized carbons (Fsp3) is 0.462. The van der Waals surface area contributed by atoms with Gasteiger partial charge in [0.2, 0.25) is 0 Å². The van der Waals surface area contributed by atoms with Gasteiger partial charge >= 0.3 is 5.97 Å². The van der Waals surface area contributed by atoms with Crippen molar-refractivity contribution in [2.24, 2.45) is 5.92 Å². The van der Waals surface area contributed by atoms with Gasteiger partial charge in [-0.1, -0.05) is 19.9 Å². The second kappa shape index (κ2) is 6.05. The predicted octanol–water partition coefficient (Wildman–Crippen LogP) is 3.67. The zero-order chi connectivity index (χ0) is 13.0. The van der Waals surface area contributed by atoms with E-state index in [1.54, 1.807) is 0 Å². The Morgan fingerprint density at radius 2 is 2.12 bits per heavy atom. The molecule has 0 aromatic heterocycles. The number of aryl methyl sites for hydroxylation is 1. The average molecular weight is 300 g/mol. The fourth-order valence-electron chi connectivity index (χ4n) is 1.62. The largest absolute Gasteiger partial charge is 0.480 e. The first-order chi connectivity index (χ1) is 7.90. The second-order valence-corrected chi connectivity index (χ2v) is 5.50. The molecule has 1 aromatic carbocycles. The average Bonchev–Trinajstić information content (AvgIpc) is 2.19. The fourth-order valence-corrected chi connectivity index (χ4v) is 2.23. The minimum atomic E-state index is -0.814. The predicted molar refractivity (Wildman–Crippen MR) is 73.4 cm³/mol. The number of benzene rings is 1. The molecule has 17 heavy (non-hydrogen) atoms. The quantitative estimate of drug-likeness (QED) is 0.872. The van der Waals surface area contributed by atoms with Crippen molar-refractivity contribution in [3.8, 4) is 0 Å². The lowest BCUT2D eigenvalue weighted by Crippen LogP contribution is -2.30. The van der Waals surface area contributed by atoms with Crippen LogP contribution in [-0.4, -0.2) is 17.1 Å². The standard InChI is InChI=1S/C13H18BrNO2/c1-8(2)6-12(13(16)17)15-11-5-4-9(3)7-10(11)14/h4-5,7-8,12,15H,6H2,1-3H3,(H,16,17). The van der Waals surface area contributed by atoms with Gasteiger partial charge in [0.15, 0.2) is 0 Å². The number of rotatable bonds is 5. The van der Waals surface area contributed by atoms with E-state index in [2.05, 4.69) is 21.2 Å². The Morgan fingerprint density at radius 3 is 2.59 bits per heavy atom. The molecule has 0 aliphatic rings. The molecule has 0 saturated carbocycles. The Balaban J connectivity index is 2.82. The van der Waals surface area contributed by atoms with Crippen LogP contribution in [0.4, 0.5) is 5.69 Å². The second-order valence-electron chi connectivity index (χ2n) is 4.65. The minimum absolute atomic E-state index is 0.341. The molecule has 1 rings (SSSR count). The Morgan fingerprint density at radius 1 is 1.47 bits per heavy atom. The molecule has 0 amide bonds. The van der Waals surface area contributed by atoms with Crippen molar-refractivity contribution in [3.63, 3.8) is 0 Å². The monoisotopic (exact) mass is 299 g/mol. The zero-order valence-electron chi connectivity index (χ0n) is 10.3. The molecule has 1 aromatic rings. The van der Waals surface area contributed by atoms with Crippen molar-refractivity contribution >= 4 is 27.6 Å². The summed E-state index contributed by atoms with van der Waals surface area (Å²) in [5.74, 6) is -0.473. The molecule has 0 spiro atoms. The normalized spacial score (nSPS) is 12.5. The number of hydrogen-bond acceptors (Lipinski definition) is 2. The molecule has 0 aliphatic heterocycles. The van der Waals surface area contributed by atoms with E-state index in [0.717, 1.165) is 15.7 Å². The first-order valence-electron chi connectivity index (χ1n) is 5.65. The highest BCUT2D eigenvalue weighted by molar-refractivity contribution is 9.10.